The van der Waals surface area contributed by atoms with Gasteiger partial charge in [0.15, 0.2) is 6.29 Å². The van der Waals surface area contributed by atoms with Crippen LogP contribution >= 0.6 is 0 Å². The van der Waals surface area contributed by atoms with Crippen molar-refractivity contribution in [3.8, 4) is 0 Å². The van der Waals surface area contributed by atoms with Crippen LogP contribution in [0.3, 0.4) is 0 Å². The Bertz CT molecular complexity index is 44.9. The smallest absolute Gasteiger partial charge is 0.151 e. The molecule has 0 aromatic rings. The van der Waals surface area contributed by atoms with Crippen LogP contribution < -0.4 is 0 Å². The highest BCUT2D eigenvalue weighted by atomic mass is 16.6. The molecule has 1 atom stereocenters. The number of hydrogen-bond acceptors (Lipinski definition) is 3. The summed E-state index contributed by atoms with van der Waals surface area (Å²) in [5.74, 6) is 0. The van der Waals surface area contributed by atoms with Crippen LogP contribution in [0.1, 0.15) is 13.3 Å². The van der Waals surface area contributed by atoms with E-state index in [0.717, 1.165) is 0 Å². The fourth-order valence-electron chi connectivity index (χ4n) is 0.318. The van der Waals surface area contributed by atoms with E-state index < -0.39 is 6.29 Å². The Morgan fingerprint density at radius 1 is 1.62 bits per heavy atom. The van der Waals surface area contributed by atoms with E-state index in [9.17, 15) is 0 Å². The minimum Gasteiger partial charge on any atom is -0.396 e. The van der Waals surface area contributed by atoms with E-state index in [1.807, 2.05) is 0 Å². The second kappa shape index (κ2) is 5.03. The molecule has 0 aromatic carbocycles. The molecule has 0 fully saturated rings. The fourth-order valence-corrected chi connectivity index (χ4v) is 0.318. The van der Waals surface area contributed by atoms with Crippen LogP contribution in [0.15, 0.2) is 0 Å². The summed E-state index contributed by atoms with van der Waals surface area (Å²) < 4.78 is 4.68. The molecule has 0 aliphatic carbocycles. The highest BCUT2D eigenvalue weighted by Crippen LogP contribution is 1.85. The molecule has 0 amide bonds. The van der Waals surface area contributed by atoms with Crippen LogP contribution in [0.4, 0.5) is 0 Å². The first kappa shape index (κ1) is 7.88. The van der Waals surface area contributed by atoms with Crippen LogP contribution in [0.2, 0.25) is 0 Å². The van der Waals surface area contributed by atoms with Gasteiger partial charge in [0.1, 0.15) is 0 Å². The maximum Gasteiger partial charge on any atom is 0.151 e. The minimum absolute atomic E-state index is 0.118. The third-order valence-electron chi connectivity index (χ3n) is 0.662. The second-order valence-corrected chi connectivity index (χ2v) is 1.55. The SMILES string of the molecule is CC(O)OCCCO. The zero-order valence-electron chi connectivity index (χ0n) is 5.00. The van der Waals surface area contributed by atoms with E-state index in [1.165, 1.54) is 6.92 Å². The molecule has 0 radical (unpaired) electrons. The molecular formula is C5H12O3. The number of rotatable bonds is 4. The average molecular weight is 120 g/mol. The molecule has 8 heavy (non-hydrogen) atoms. The molecule has 0 aliphatic rings. The fraction of sp³-hybridized carbons (Fsp3) is 1.00. The molecular weight excluding hydrogens is 108 g/mol. The van der Waals surface area contributed by atoms with Gasteiger partial charge in [-0.25, -0.2) is 0 Å². The zero-order valence-corrected chi connectivity index (χ0v) is 5.00. The third kappa shape index (κ3) is 5.88. The maximum absolute atomic E-state index is 8.48. The van der Waals surface area contributed by atoms with Crippen LogP contribution in [-0.2, 0) is 4.74 Å². The number of ether oxygens (including phenoxy) is 1. The van der Waals surface area contributed by atoms with Gasteiger partial charge in [0, 0.05) is 6.61 Å². The van der Waals surface area contributed by atoms with Crippen LogP contribution in [0.5, 0.6) is 0 Å². The van der Waals surface area contributed by atoms with Gasteiger partial charge in [-0.3, -0.25) is 0 Å². The number of aliphatic hydroxyl groups excluding tert-OH is 2. The lowest BCUT2D eigenvalue weighted by molar-refractivity contribution is -0.0875. The van der Waals surface area contributed by atoms with Crippen molar-refractivity contribution in [1.29, 1.82) is 0 Å². The summed E-state index contributed by atoms with van der Waals surface area (Å²) in [5.41, 5.74) is 0. The van der Waals surface area contributed by atoms with Crippen molar-refractivity contribution >= 4 is 0 Å². The molecule has 3 heteroatoms. The summed E-state index contributed by atoms with van der Waals surface area (Å²) in [6.45, 7) is 2.08. The number of hydrogen-bond donors (Lipinski definition) is 2. The molecule has 3 nitrogen and oxygen atoms in total. The van der Waals surface area contributed by atoms with Crippen molar-refractivity contribution in [2.45, 2.75) is 19.6 Å². The van der Waals surface area contributed by atoms with E-state index in [0.29, 0.717) is 13.0 Å². The maximum atomic E-state index is 8.48. The van der Waals surface area contributed by atoms with Gasteiger partial charge < -0.3 is 14.9 Å². The van der Waals surface area contributed by atoms with Gasteiger partial charge in [0.25, 0.3) is 0 Å². The largest absolute Gasteiger partial charge is 0.396 e. The van der Waals surface area contributed by atoms with Crippen LogP contribution in [-0.4, -0.2) is 29.7 Å². The van der Waals surface area contributed by atoms with E-state index >= 15 is 0 Å². The summed E-state index contributed by atoms with van der Waals surface area (Å²) in [7, 11) is 0. The molecule has 0 aliphatic heterocycles. The Morgan fingerprint density at radius 3 is 2.62 bits per heavy atom. The van der Waals surface area contributed by atoms with E-state index in [-0.39, 0.29) is 6.61 Å². The molecule has 0 rings (SSSR count). The van der Waals surface area contributed by atoms with E-state index in [2.05, 4.69) is 4.74 Å². The Morgan fingerprint density at radius 2 is 2.25 bits per heavy atom. The zero-order chi connectivity index (χ0) is 6.41. The Labute approximate surface area is 48.9 Å². The lowest BCUT2D eigenvalue weighted by Gasteiger charge is -2.03. The van der Waals surface area contributed by atoms with Crippen LogP contribution in [0, 0.1) is 0 Å². The van der Waals surface area contributed by atoms with Gasteiger partial charge in [-0.05, 0) is 13.3 Å². The second-order valence-electron chi connectivity index (χ2n) is 1.55. The van der Waals surface area contributed by atoms with Gasteiger partial charge in [-0.2, -0.15) is 0 Å². The molecule has 1 unspecified atom stereocenters. The lowest BCUT2D eigenvalue weighted by atomic mass is 10.5. The molecule has 0 bridgehead atoms. The van der Waals surface area contributed by atoms with Gasteiger partial charge >= 0.3 is 0 Å². The summed E-state index contributed by atoms with van der Waals surface area (Å²) in [5, 5.41) is 16.7. The van der Waals surface area contributed by atoms with E-state index in [1.54, 1.807) is 0 Å². The molecule has 0 heterocycles. The van der Waals surface area contributed by atoms with Crippen molar-refractivity contribution in [3.63, 3.8) is 0 Å². The van der Waals surface area contributed by atoms with Gasteiger partial charge in [-0.1, -0.05) is 0 Å². The predicted molar refractivity (Wildman–Crippen MR) is 29.3 cm³/mol. The molecule has 0 saturated carbocycles. The topological polar surface area (TPSA) is 49.7 Å². The minimum atomic E-state index is -0.707. The summed E-state index contributed by atoms with van der Waals surface area (Å²) >= 11 is 0. The highest BCUT2D eigenvalue weighted by Gasteiger charge is 1.90. The Hall–Kier alpha value is -0.120. The molecule has 0 spiro atoms. The molecule has 2 N–H and O–H groups in total. The standard InChI is InChI=1S/C5H12O3/c1-5(7)8-4-2-3-6/h5-7H,2-4H2,1H3. The van der Waals surface area contributed by atoms with Crippen molar-refractivity contribution in [2.75, 3.05) is 13.2 Å². The lowest BCUT2D eigenvalue weighted by Crippen LogP contribution is -2.07. The highest BCUT2D eigenvalue weighted by molar-refractivity contribution is 4.30. The molecule has 0 aromatic heterocycles. The average Bonchev–Trinajstić information content (AvgIpc) is 1.66. The van der Waals surface area contributed by atoms with Crippen molar-refractivity contribution in [2.24, 2.45) is 0 Å². The van der Waals surface area contributed by atoms with Crippen molar-refractivity contribution in [3.05, 3.63) is 0 Å². The monoisotopic (exact) mass is 120 g/mol. The summed E-state index contributed by atoms with van der Waals surface area (Å²) in [4.78, 5) is 0. The molecule has 0 saturated heterocycles. The predicted octanol–water partition coefficient (Wildman–Crippen LogP) is -0.276. The first-order valence-electron chi connectivity index (χ1n) is 2.68. The van der Waals surface area contributed by atoms with Crippen molar-refractivity contribution in [1.82, 2.24) is 0 Å². The van der Waals surface area contributed by atoms with Gasteiger partial charge in [0.2, 0.25) is 0 Å². The first-order valence-corrected chi connectivity index (χ1v) is 2.68. The first-order chi connectivity index (χ1) is 3.77. The summed E-state index contributed by atoms with van der Waals surface area (Å²) in [6.07, 6.45) is -0.119. The van der Waals surface area contributed by atoms with Gasteiger partial charge in [-0.15, -0.1) is 0 Å². The Kier molecular flexibility index (Phi) is 4.95. The van der Waals surface area contributed by atoms with Gasteiger partial charge in [0.05, 0.1) is 6.61 Å². The van der Waals surface area contributed by atoms with Crippen LogP contribution in [0.25, 0.3) is 0 Å². The summed E-state index contributed by atoms with van der Waals surface area (Å²) in [6, 6.07) is 0. The normalized spacial score (nSPS) is 13.9. The Balaban J connectivity index is 2.72. The van der Waals surface area contributed by atoms with E-state index in [4.69, 9.17) is 10.2 Å². The van der Waals surface area contributed by atoms with Crippen molar-refractivity contribution < 1.29 is 14.9 Å². The third-order valence-corrected chi connectivity index (χ3v) is 0.662. The quantitative estimate of drug-likeness (QED) is 0.396. The molecule has 50 valence electrons. The number of aliphatic hydroxyl groups is 2.